The van der Waals surface area contributed by atoms with Crippen LogP contribution in [-0.4, -0.2) is 41.1 Å². The molecule has 4 bridgehead atoms. The van der Waals surface area contributed by atoms with Crippen LogP contribution in [0.2, 0.25) is 0 Å². The molecule has 0 unspecified atom stereocenters. The zero-order chi connectivity index (χ0) is 20.3. The SMILES string of the molecule is C[C@@H](C(=O)OCC(=O)C12CC3CC(CC(C3)C1)C2)N1C(=O)[C@H]2CCCC[C@H]2C1=O. The summed E-state index contributed by atoms with van der Waals surface area (Å²) in [5, 5.41) is 0. The molecule has 3 atom stereocenters. The first kappa shape index (κ1) is 19.3. The molecule has 0 aromatic rings. The smallest absolute Gasteiger partial charge is 0.329 e. The summed E-state index contributed by atoms with van der Waals surface area (Å²) < 4.78 is 5.38. The quantitative estimate of drug-likeness (QED) is 0.523. The molecule has 6 heteroatoms. The topological polar surface area (TPSA) is 80.8 Å². The predicted molar refractivity (Wildman–Crippen MR) is 103 cm³/mol. The molecule has 0 aromatic heterocycles. The summed E-state index contributed by atoms with van der Waals surface area (Å²) in [4.78, 5) is 52.2. The molecule has 6 rings (SSSR count). The normalized spacial score (nSPS) is 41.4. The molecule has 1 aliphatic heterocycles. The van der Waals surface area contributed by atoms with Gasteiger partial charge in [-0.25, -0.2) is 4.79 Å². The van der Waals surface area contributed by atoms with Crippen LogP contribution in [0.5, 0.6) is 0 Å². The van der Waals surface area contributed by atoms with E-state index in [4.69, 9.17) is 4.74 Å². The standard InChI is InChI=1S/C23H31NO5/c1-13(24-20(26)17-4-2-3-5-18(17)21(24)27)22(28)29-12-19(25)23-9-14-6-15(10-23)8-16(7-14)11-23/h13-18H,2-12H2,1H3/t13-,14?,15?,16?,17-,18+,23?/m0/s1. The first-order valence-corrected chi connectivity index (χ1v) is 11.4. The molecule has 2 amide bonds. The van der Waals surface area contributed by atoms with Crippen LogP contribution in [0.25, 0.3) is 0 Å². The Bertz CT molecular complexity index is 699. The molecular weight excluding hydrogens is 370 g/mol. The molecule has 5 aliphatic carbocycles. The summed E-state index contributed by atoms with van der Waals surface area (Å²) in [5.41, 5.74) is -0.299. The van der Waals surface area contributed by atoms with Crippen molar-refractivity contribution in [1.82, 2.24) is 4.90 Å². The second kappa shape index (κ2) is 6.92. The highest BCUT2D eigenvalue weighted by atomic mass is 16.5. The van der Waals surface area contributed by atoms with Crippen LogP contribution < -0.4 is 0 Å². The van der Waals surface area contributed by atoms with Gasteiger partial charge in [-0.1, -0.05) is 12.8 Å². The van der Waals surface area contributed by atoms with Crippen LogP contribution >= 0.6 is 0 Å². The lowest BCUT2D eigenvalue weighted by Crippen LogP contribution is -2.51. The maximum absolute atomic E-state index is 13.1. The van der Waals surface area contributed by atoms with Gasteiger partial charge in [-0.15, -0.1) is 0 Å². The molecule has 158 valence electrons. The molecular formula is C23H31NO5. The number of imide groups is 1. The van der Waals surface area contributed by atoms with E-state index < -0.39 is 12.0 Å². The Hall–Kier alpha value is -1.72. The lowest BCUT2D eigenvalue weighted by molar-refractivity contribution is -0.163. The average Bonchev–Trinajstić information content (AvgIpc) is 2.95. The molecule has 6 nitrogen and oxygen atoms in total. The minimum absolute atomic E-state index is 0.0462. The number of Topliss-reactive ketones (excluding diaryl/α,β-unsaturated/α-hetero) is 1. The van der Waals surface area contributed by atoms with Gasteiger partial charge < -0.3 is 4.74 Å². The van der Waals surface area contributed by atoms with Crippen molar-refractivity contribution in [3.8, 4) is 0 Å². The van der Waals surface area contributed by atoms with E-state index in [1.165, 1.54) is 19.3 Å². The van der Waals surface area contributed by atoms with Gasteiger partial charge in [0.05, 0.1) is 11.8 Å². The van der Waals surface area contributed by atoms with E-state index in [1.807, 2.05) is 0 Å². The molecule has 6 fully saturated rings. The lowest BCUT2D eigenvalue weighted by atomic mass is 9.48. The first-order chi connectivity index (χ1) is 13.9. The van der Waals surface area contributed by atoms with E-state index in [1.54, 1.807) is 6.92 Å². The number of carbonyl (C=O) groups excluding carboxylic acids is 4. The Morgan fingerprint density at radius 3 is 1.93 bits per heavy atom. The molecule has 29 heavy (non-hydrogen) atoms. The minimum Gasteiger partial charge on any atom is -0.456 e. The van der Waals surface area contributed by atoms with E-state index in [2.05, 4.69) is 0 Å². The van der Waals surface area contributed by atoms with Crippen molar-refractivity contribution in [1.29, 1.82) is 0 Å². The summed E-state index contributed by atoms with van der Waals surface area (Å²) in [7, 11) is 0. The van der Waals surface area contributed by atoms with Gasteiger partial charge >= 0.3 is 5.97 Å². The zero-order valence-electron chi connectivity index (χ0n) is 17.2. The Morgan fingerprint density at radius 1 is 0.966 bits per heavy atom. The number of fused-ring (bicyclic) bond motifs is 1. The third-order valence-electron chi connectivity index (χ3n) is 8.58. The number of esters is 1. The van der Waals surface area contributed by atoms with Gasteiger partial charge in [0, 0.05) is 5.41 Å². The summed E-state index contributed by atoms with van der Waals surface area (Å²) >= 11 is 0. The molecule has 0 N–H and O–H groups in total. The van der Waals surface area contributed by atoms with Gasteiger partial charge in [0.2, 0.25) is 11.8 Å². The number of amides is 2. The number of hydrogen-bond acceptors (Lipinski definition) is 5. The zero-order valence-corrected chi connectivity index (χ0v) is 17.2. The summed E-state index contributed by atoms with van der Waals surface area (Å²) in [6, 6.07) is -0.954. The van der Waals surface area contributed by atoms with Crippen molar-refractivity contribution in [3.05, 3.63) is 0 Å². The van der Waals surface area contributed by atoms with Crippen molar-refractivity contribution in [2.75, 3.05) is 6.61 Å². The number of nitrogens with zero attached hydrogens (tertiary/aromatic N) is 1. The van der Waals surface area contributed by atoms with E-state index in [-0.39, 0.29) is 41.5 Å². The minimum atomic E-state index is -0.954. The first-order valence-electron chi connectivity index (χ1n) is 11.4. The fraction of sp³-hybridized carbons (Fsp3) is 0.826. The third kappa shape index (κ3) is 3.05. The summed E-state index contributed by atoms with van der Waals surface area (Å²) in [6.45, 7) is 1.32. The second-order valence-electron chi connectivity index (χ2n) is 10.4. The van der Waals surface area contributed by atoms with Crippen LogP contribution in [0.4, 0.5) is 0 Å². The number of likely N-dealkylation sites (tertiary alicyclic amines) is 1. The van der Waals surface area contributed by atoms with Gasteiger partial charge in [0.1, 0.15) is 6.04 Å². The predicted octanol–water partition coefficient (Wildman–Crippen LogP) is 2.88. The van der Waals surface area contributed by atoms with E-state index >= 15 is 0 Å². The van der Waals surface area contributed by atoms with Gasteiger partial charge in [-0.3, -0.25) is 19.3 Å². The Kier molecular flexibility index (Phi) is 4.59. The average molecular weight is 402 g/mol. The Balaban J connectivity index is 1.21. The molecule has 1 saturated heterocycles. The largest absolute Gasteiger partial charge is 0.456 e. The van der Waals surface area contributed by atoms with Crippen molar-refractivity contribution >= 4 is 23.6 Å². The van der Waals surface area contributed by atoms with Crippen molar-refractivity contribution in [2.24, 2.45) is 35.0 Å². The highest BCUT2D eigenvalue weighted by Crippen LogP contribution is 2.60. The molecule has 0 radical (unpaired) electrons. The highest BCUT2D eigenvalue weighted by Gasteiger charge is 2.55. The fourth-order valence-corrected chi connectivity index (χ4v) is 7.54. The molecule has 0 spiro atoms. The molecule has 5 saturated carbocycles. The van der Waals surface area contributed by atoms with E-state index in [9.17, 15) is 19.2 Å². The van der Waals surface area contributed by atoms with Crippen molar-refractivity contribution in [2.45, 2.75) is 77.2 Å². The van der Waals surface area contributed by atoms with Crippen molar-refractivity contribution < 1.29 is 23.9 Å². The van der Waals surface area contributed by atoms with E-state index in [0.717, 1.165) is 49.8 Å². The third-order valence-corrected chi connectivity index (χ3v) is 8.58. The van der Waals surface area contributed by atoms with Crippen LogP contribution in [0.3, 0.4) is 0 Å². The van der Waals surface area contributed by atoms with Gasteiger partial charge in [-0.05, 0) is 76.0 Å². The second-order valence-corrected chi connectivity index (χ2v) is 10.4. The monoisotopic (exact) mass is 401 g/mol. The van der Waals surface area contributed by atoms with Crippen LogP contribution in [0.1, 0.15) is 71.1 Å². The maximum Gasteiger partial charge on any atom is 0.329 e. The van der Waals surface area contributed by atoms with Crippen molar-refractivity contribution in [3.63, 3.8) is 0 Å². The number of carbonyl (C=O) groups is 4. The molecule has 1 heterocycles. The number of ketones is 1. The molecule has 6 aliphatic rings. The summed E-state index contributed by atoms with van der Waals surface area (Å²) in [6.07, 6.45) is 9.93. The van der Waals surface area contributed by atoms with Gasteiger partial charge in [-0.2, -0.15) is 0 Å². The van der Waals surface area contributed by atoms with Gasteiger partial charge in [0.15, 0.2) is 12.4 Å². The number of hydrogen-bond donors (Lipinski definition) is 0. The van der Waals surface area contributed by atoms with Crippen LogP contribution in [-0.2, 0) is 23.9 Å². The molecule has 0 aromatic carbocycles. The Labute approximate surface area is 171 Å². The highest BCUT2D eigenvalue weighted by molar-refractivity contribution is 6.07. The van der Waals surface area contributed by atoms with Gasteiger partial charge in [0.25, 0.3) is 0 Å². The maximum atomic E-state index is 13.1. The lowest BCUT2D eigenvalue weighted by Gasteiger charge is -2.55. The number of rotatable bonds is 5. The Morgan fingerprint density at radius 2 is 1.45 bits per heavy atom. The fourth-order valence-electron chi connectivity index (χ4n) is 7.54. The van der Waals surface area contributed by atoms with Crippen LogP contribution in [0, 0.1) is 35.0 Å². The van der Waals surface area contributed by atoms with E-state index in [0.29, 0.717) is 17.8 Å². The summed E-state index contributed by atoms with van der Waals surface area (Å²) in [5.74, 6) is 0.343. The van der Waals surface area contributed by atoms with Crippen LogP contribution in [0.15, 0.2) is 0 Å². The number of ether oxygens (including phenoxy) is 1.